The van der Waals surface area contributed by atoms with Crippen molar-refractivity contribution in [3.63, 3.8) is 0 Å². The number of benzene rings is 1. The zero-order valence-corrected chi connectivity index (χ0v) is 14.1. The highest BCUT2D eigenvalue weighted by Gasteiger charge is 2.15. The molecule has 1 aromatic heterocycles. The van der Waals surface area contributed by atoms with Gasteiger partial charge in [-0.3, -0.25) is 4.79 Å². The van der Waals surface area contributed by atoms with Crippen LogP contribution in [0.5, 0.6) is 5.75 Å². The second kappa shape index (κ2) is 7.69. The second-order valence-electron chi connectivity index (χ2n) is 4.52. The summed E-state index contributed by atoms with van der Waals surface area (Å²) in [6, 6.07) is 8.43. The summed E-state index contributed by atoms with van der Waals surface area (Å²) in [6.07, 6.45) is 0. The first-order chi connectivity index (χ1) is 11.3. The van der Waals surface area contributed by atoms with Gasteiger partial charge in [0, 0.05) is 10.4 Å². The molecule has 0 aliphatic heterocycles. The Morgan fingerprint density at radius 1 is 1.29 bits per heavy atom. The van der Waals surface area contributed by atoms with E-state index >= 15 is 0 Å². The Balaban J connectivity index is 2.01. The van der Waals surface area contributed by atoms with Gasteiger partial charge in [0.15, 0.2) is 0 Å². The summed E-state index contributed by atoms with van der Waals surface area (Å²) in [5, 5.41) is 2.59. The molecular formula is C14H14F2N2O4S2. The highest BCUT2D eigenvalue weighted by atomic mass is 32.2. The van der Waals surface area contributed by atoms with Crippen LogP contribution in [0.25, 0.3) is 0 Å². The predicted molar refractivity (Wildman–Crippen MR) is 84.8 cm³/mol. The summed E-state index contributed by atoms with van der Waals surface area (Å²) >= 11 is 1.02. The van der Waals surface area contributed by atoms with Crippen molar-refractivity contribution >= 4 is 27.3 Å². The lowest BCUT2D eigenvalue weighted by Crippen LogP contribution is -2.22. The molecule has 1 aromatic carbocycles. The van der Waals surface area contributed by atoms with Gasteiger partial charge in [-0.2, -0.15) is 8.78 Å². The van der Waals surface area contributed by atoms with E-state index in [1.54, 1.807) is 6.07 Å². The smallest absolute Gasteiger partial charge is 0.387 e. The molecule has 0 bridgehead atoms. The van der Waals surface area contributed by atoms with E-state index in [9.17, 15) is 22.0 Å². The molecule has 2 aromatic rings. The molecule has 0 fully saturated rings. The Hall–Kier alpha value is -2.04. The van der Waals surface area contributed by atoms with Crippen LogP contribution < -0.4 is 14.8 Å². The molecule has 0 atom stereocenters. The van der Waals surface area contributed by atoms with E-state index in [0.29, 0.717) is 4.88 Å². The van der Waals surface area contributed by atoms with Crippen molar-refractivity contribution in [2.75, 3.05) is 7.05 Å². The maximum Gasteiger partial charge on any atom is 0.387 e. The standard InChI is InChI=1S/C14H14F2N2O4S2/c1-17-24(20,21)12-6-5-11(23-12)8-18-13(19)9-3-2-4-10(7-9)22-14(15)16/h2-7,14,17H,8H2,1H3,(H,18,19). The van der Waals surface area contributed by atoms with Gasteiger partial charge in [0.25, 0.3) is 5.91 Å². The minimum absolute atomic E-state index is 0.114. The van der Waals surface area contributed by atoms with Gasteiger partial charge in [0.2, 0.25) is 10.0 Å². The maximum absolute atomic E-state index is 12.2. The molecule has 0 aliphatic rings. The fraction of sp³-hybridized carbons (Fsp3) is 0.214. The lowest BCUT2D eigenvalue weighted by molar-refractivity contribution is -0.0498. The number of ether oxygens (including phenoxy) is 1. The van der Waals surface area contributed by atoms with E-state index in [1.807, 2.05) is 0 Å². The van der Waals surface area contributed by atoms with Crippen LogP contribution in [0.2, 0.25) is 0 Å². The summed E-state index contributed by atoms with van der Waals surface area (Å²) in [5.41, 5.74) is 0.160. The van der Waals surface area contributed by atoms with Gasteiger partial charge in [0.1, 0.15) is 9.96 Å². The molecular weight excluding hydrogens is 362 g/mol. The van der Waals surface area contributed by atoms with E-state index in [-0.39, 0.29) is 22.1 Å². The molecule has 24 heavy (non-hydrogen) atoms. The third-order valence-corrected chi connectivity index (χ3v) is 5.91. The topological polar surface area (TPSA) is 84.5 Å². The lowest BCUT2D eigenvalue weighted by atomic mass is 10.2. The average molecular weight is 376 g/mol. The highest BCUT2D eigenvalue weighted by molar-refractivity contribution is 7.91. The molecule has 6 nitrogen and oxygen atoms in total. The van der Waals surface area contributed by atoms with Gasteiger partial charge < -0.3 is 10.1 Å². The monoisotopic (exact) mass is 376 g/mol. The van der Waals surface area contributed by atoms with E-state index in [2.05, 4.69) is 14.8 Å². The van der Waals surface area contributed by atoms with Crippen molar-refractivity contribution in [2.24, 2.45) is 0 Å². The molecule has 1 amide bonds. The van der Waals surface area contributed by atoms with Gasteiger partial charge >= 0.3 is 6.61 Å². The minimum atomic E-state index is -3.52. The highest BCUT2D eigenvalue weighted by Crippen LogP contribution is 2.21. The molecule has 2 rings (SSSR count). The second-order valence-corrected chi connectivity index (χ2v) is 7.80. The van der Waals surface area contributed by atoms with E-state index in [0.717, 1.165) is 11.3 Å². The SMILES string of the molecule is CNS(=O)(=O)c1ccc(CNC(=O)c2cccc(OC(F)F)c2)s1. The molecule has 130 valence electrons. The van der Waals surface area contributed by atoms with Crippen LogP contribution in [0.1, 0.15) is 15.2 Å². The average Bonchev–Trinajstić information content (AvgIpc) is 3.02. The fourth-order valence-electron chi connectivity index (χ4n) is 1.78. The molecule has 10 heteroatoms. The zero-order chi connectivity index (χ0) is 17.7. The maximum atomic E-state index is 12.2. The molecule has 0 saturated heterocycles. The summed E-state index contributed by atoms with van der Waals surface area (Å²) in [6.45, 7) is -2.86. The van der Waals surface area contributed by atoms with Crippen LogP contribution >= 0.6 is 11.3 Å². The number of hydrogen-bond donors (Lipinski definition) is 2. The minimum Gasteiger partial charge on any atom is -0.435 e. The third kappa shape index (κ3) is 4.73. The summed E-state index contributed by atoms with van der Waals surface area (Å²) in [7, 11) is -2.21. The van der Waals surface area contributed by atoms with Gasteiger partial charge in [-0.25, -0.2) is 13.1 Å². The molecule has 1 heterocycles. The number of nitrogens with one attached hydrogen (secondary N) is 2. The Bertz CT molecular complexity index is 822. The number of alkyl halides is 2. The van der Waals surface area contributed by atoms with Gasteiger partial charge in [-0.1, -0.05) is 6.07 Å². The molecule has 2 N–H and O–H groups in total. The summed E-state index contributed by atoms with van der Waals surface area (Å²) < 4.78 is 54.2. The number of rotatable bonds is 7. The van der Waals surface area contributed by atoms with Crippen molar-refractivity contribution in [1.82, 2.24) is 10.0 Å². The predicted octanol–water partition coefficient (Wildman–Crippen LogP) is 2.19. The van der Waals surface area contributed by atoms with E-state index < -0.39 is 22.5 Å². The normalized spacial score (nSPS) is 11.5. The number of carbonyl (C=O) groups excluding carboxylic acids is 1. The molecule has 0 unspecified atom stereocenters. The van der Waals surface area contributed by atoms with Crippen LogP contribution in [0.4, 0.5) is 8.78 Å². The fourth-order valence-corrected chi connectivity index (χ4v) is 3.91. The molecule has 0 spiro atoms. The Labute approximate surface area is 141 Å². The number of carbonyl (C=O) groups is 1. The van der Waals surface area contributed by atoms with E-state index in [1.165, 1.54) is 37.4 Å². The zero-order valence-electron chi connectivity index (χ0n) is 12.5. The van der Waals surface area contributed by atoms with Crippen LogP contribution in [-0.4, -0.2) is 28.0 Å². The lowest BCUT2D eigenvalue weighted by Gasteiger charge is -2.07. The van der Waals surface area contributed by atoms with Crippen LogP contribution in [0, 0.1) is 0 Å². The van der Waals surface area contributed by atoms with Crippen molar-refractivity contribution < 1.29 is 26.7 Å². The Morgan fingerprint density at radius 2 is 2.04 bits per heavy atom. The van der Waals surface area contributed by atoms with Crippen molar-refractivity contribution in [3.05, 3.63) is 46.8 Å². The Kier molecular flexibility index (Phi) is 5.86. The molecule has 0 radical (unpaired) electrons. The first kappa shape index (κ1) is 18.3. The third-order valence-electron chi connectivity index (χ3n) is 2.92. The molecule has 0 aliphatic carbocycles. The number of thiophene rings is 1. The van der Waals surface area contributed by atoms with Gasteiger partial charge in [-0.05, 0) is 37.4 Å². The Morgan fingerprint density at radius 3 is 2.71 bits per heavy atom. The first-order valence-corrected chi connectivity index (χ1v) is 8.97. The first-order valence-electron chi connectivity index (χ1n) is 6.67. The van der Waals surface area contributed by atoms with Gasteiger partial charge in [-0.15, -0.1) is 11.3 Å². The van der Waals surface area contributed by atoms with Crippen LogP contribution in [0.3, 0.4) is 0 Å². The number of sulfonamides is 1. The number of hydrogen-bond acceptors (Lipinski definition) is 5. The van der Waals surface area contributed by atoms with Crippen LogP contribution in [0.15, 0.2) is 40.6 Å². The largest absolute Gasteiger partial charge is 0.435 e. The van der Waals surface area contributed by atoms with Crippen LogP contribution in [-0.2, 0) is 16.6 Å². The quantitative estimate of drug-likeness (QED) is 0.776. The van der Waals surface area contributed by atoms with Crippen molar-refractivity contribution in [2.45, 2.75) is 17.4 Å². The number of halogens is 2. The van der Waals surface area contributed by atoms with E-state index in [4.69, 9.17) is 0 Å². The number of amides is 1. The summed E-state index contributed by atoms with van der Waals surface area (Å²) in [5.74, 6) is -0.600. The van der Waals surface area contributed by atoms with Crippen molar-refractivity contribution in [3.8, 4) is 5.75 Å². The van der Waals surface area contributed by atoms with Crippen molar-refractivity contribution in [1.29, 1.82) is 0 Å². The summed E-state index contributed by atoms with van der Waals surface area (Å²) in [4.78, 5) is 12.7. The molecule has 0 saturated carbocycles. The van der Waals surface area contributed by atoms with Gasteiger partial charge in [0.05, 0.1) is 6.54 Å².